The molecule has 0 aliphatic heterocycles. The van der Waals surface area contributed by atoms with Gasteiger partial charge in [-0.25, -0.2) is 14.3 Å². The van der Waals surface area contributed by atoms with Gasteiger partial charge < -0.3 is 5.11 Å². The second-order valence-corrected chi connectivity index (χ2v) is 5.52. The van der Waals surface area contributed by atoms with Crippen LogP contribution >= 0.6 is 23.2 Å². The minimum atomic E-state index is -0.210. The van der Waals surface area contributed by atoms with Crippen molar-refractivity contribution in [1.82, 2.24) is 14.6 Å². The fourth-order valence-electron chi connectivity index (χ4n) is 2.25. The molecule has 2 heterocycles. The number of halogens is 2. The summed E-state index contributed by atoms with van der Waals surface area (Å²) in [5.74, 6) is 0.280. The summed E-state index contributed by atoms with van der Waals surface area (Å²) in [4.78, 5) is 7.60. The number of phenols is 1. The predicted octanol–water partition coefficient (Wildman–Crippen LogP) is 3.02. The Balaban J connectivity index is 2.40. The maximum atomic E-state index is 9.62. The Morgan fingerprint density at radius 2 is 2.04 bits per heavy atom. The van der Waals surface area contributed by atoms with E-state index in [1.54, 1.807) is 13.0 Å². The largest absolute Gasteiger partial charge is 0.505 e. The van der Waals surface area contributed by atoms with E-state index in [0.29, 0.717) is 22.4 Å². The van der Waals surface area contributed by atoms with E-state index in [4.69, 9.17) is 29.8 Å². The Morgan fingerprint density at radius 3 is 2.61 bits per heavy atom. The van der Waals surface area contributed by atoms with Crippen LogP contribution in [-0.2, 0) is 0 Å². The first-order chi connectivity index (χ1) is 11.0. The third-order valence-electron chi connectivity index (χ3n) is 3.21. The summed E-state index contributed by atoms with van der Waals surface area (Å²) in [6, 6.07) is 5.00. The lowest BCUT2D eigenvalue weighted by Gasteiger charge is -2.01. The molecule has 0 saturated heterocycles. The highest BCUT2D eigenvalue weighted by Gasteiger charge is 2.18. The SMILES string of the molecule is [C-]#[N+]c1c(C#N)c2nc(C)nn2c1=Cc1cc(Cl)c(O)c(Cl)c1. The predicted molar refractivity (Wildman–Crippen MR) is 85.6 cm³/mol. The Labute approximate surface area is 140 Å². The normalized spacial score (nSPS) is 11.6. The number of nitrogens with zero attached hydrogens (tertiary/aromatic N) is 5. The fraction of sp³-hybridized carbons (Fsp3) is 0.0667. The van der Waals surface area contributed by atoms with Crippen LogP contribution in [0.4, 0.5) is 5.69 Å². The van der Waals surface area contributed by atoms with E-state index in [1.165, 1.54) is 16.6 Å². The number of benzene rings is 1. The zero-order chi connectivity index (χ0) is 16.7. The highest BCUT2D eigenvalue weighted by Crippen LogP contribution is 2.33. The molecule has 3 rings (SSSR count). The molecule has 1 aromatic carbocycles. The second-order valence-electron chi connectivity index (χ2n) is 4.70. The lowest BCUT2D eigenvalue weighted by atomic mass is 10.2. The van der Waals surface area contributed by atoms with Crippen molar-refractivity contribution in [3.05, 3.63) is 55.9 Å². The smallest absolute Gasteiger partial charge is 0.233 e. The Bertz CT molecular complexity index is 1070. The van der Waals surface area contributed by atoms with Gasteiger partial charge in [0, 0.05) is 0 Å². The minimum Gasteiger partial charge on any atom is -0.505 e. The highest BCUT2D eigenvalue weighted by molar-refractivity contribution is 6.37. The molecule has 0 amide bonds. The summed E-state index contributed by atoms with van der Waals surface area (Å²) >= 11 is 11.8. The molecule has 8 heteroatoms. The Morgan fingerprint density at radius 1 is 1.39 bits per heavy atom. The number of aryl methyl sites for hydroxylation is 1. The molecule has 0 spiro atoms. The molecular weight excluding hydrogens is 337 g/mol. The Hall–Kier alpha value is -2.80. The van der Waals surface area contributed by atoms with Gasteiger partial charge in [-0.15, -0.1) is 0 Å². The lowest BCUT2D eigenvalue weighted by molar-refractivity contribution is 0.476. The number of aromatic hydroxyl groups is 1. The van der Waals surface area contributed by atoms with Crippen molar-refractivity contribution < 1.29 is 5.11 Å². The van der Waals surface area contributed by atoms with Crippen molar-refractivity contribution in [3.8, 4) is 11.8 Å². The first-order valence-electron chi connectivity index (χ1n) is 6.32. The topological polar surface area (TPSA) is 78.6 Å². The van der Waals surface area contributed by atoms with Gasteiger partial charge in [0.15, 0.2) is 11.4 Å². The van der Waals surface area contributed by atoms with Crippen LogP contribution in [0.3, 0.4) is 0 Å². The fourth-order valence-corrected chi connectivity index (χ4v) is 2.76. The molecule has 0 aliphatic carbocycles. The van der Waals surface area contributed by atoms with Crippen molar-refractivity contribution in [1.29, 1.82) is 5.26 Å². The van der Waals surface area contributed by atoms with E-state index in [2.05, 4.69) is 14.9 Å². The monoisotopic (exact) mass is 343 g/mol. The number of hydrogen-bond donors (Lipinski definition) is 1. The molecule has 1 N–H and O–H groups in total. The number of rotatable bonds is 1. The van der Waals surface area contributed by atoms with Crippen molar-refractivity contribution in [2.45, 2.75) is 6.92 Å². The molecule has 0 bridgehead atoms. The minimum absolute atomic E-state index is 0.0891. The van der Waals surface area contributed by atoms with E-state index in [-0.39, 0.29) is 27.0 Å². The summed E-state index contributed by atoms with van der Waals surface area (Å²) < 4.78 is 1.44. The molecule has 0 saturated carbocycles. The van der Waals surface area contributed by atoms with Gasteiger partial charge in [-0.1, -0.05) is 23.2 Å². The van der Waals surface area contributed by atoms with E-state index in [0.717, 1.165) is 0 Å². The molecule has 112 valence electrons. The van der Waals surface area contributed by atoms with Crippen molar-refractivity contribution in [3.63, 3.8) is 0 Å². The average molecular weight is 344 g/mol. The molecule has 6 nitrogen and oxygen atoms in total. The molecule has 2 aromatic heterocycles. The first-order valence-corrected chi connectivity index (χ1v) is 7.08. The number of phenolic OH excluding ortho intramolecular Hbond substituents is 1. The van der Waals surface area contributed by atoms with Crippen LogP contribution in [0.5, 0.6) is 5.75 Å². The number of aromatic nitrogens is 3. The van der Waals surface area contributed by atoms with Crippen LogP contribution < -0.4 is 5.35 Å². The van der Waals surface area contributed by atoms with Crippen LogP contribution in [0.2, 0.25) is 10.0 Å². The van der Waals surface area contributed by atoms with Crippen molar-refractivity contribution >= 4 is 40.6 Å². The maximum Gasteiger partial charge on any atom is 0.233 e. The van der Waals surface area contributed by atoms with Crippen LogP contribution in [0.15, 0.2) is 12.1 Å². The zero-order valence-electron chi connectivity index (χ0n) is 11.7. The quantitative estimate of drug-likeness (QED) is 0.689. The number of nitriles is 1. The summed E-state index contributed by atoms with van der Waals surface area (Å²) in [5, 5.41) is 23.7. The molecule has 0 aliphatic rings. The van der Waals surface area contributed by atoms with Gasteiger partial charge in [-0.3, -0.25) is 0 Å². The van der Waals surface area contributed by atoms with Crippen LogP contribution in [0.25, 0.3) is 16.6 Å². The number of hydrogen-bond acceptors (Lipinski definition) is 4. The molecule has 0 atom stereocenters. The second kappa shape index (κ2) is 5.44. The van der Waals surface area contributed by atoms with Crippen LogP contribution in [-0.4, -0.2) is 19.7 Å². The van der Waals surface area contributed by atoms with Gasteiger partial charge in [0.2, 0.25) is 5.69 Å². The standard InChI is InChI=1S/C15H7Cl2N5O/c1-7-20-15-9(6-18)13(19-2)12(22(15)21-7)5-8-3-10(16)14(23)11(17)4-8/h3-5,23H,1H3. The first kappa shape index (κ1) is 15.1. The van der Waals surface area contributed by atoms with Gasteiger partial charge in [-0.05, 0) is 30.7 Å². The molecule has 3 aromatic rings. The summed E-state index contributed by atoms with van der Waals surface area (Å²) in [5.41, 5.74) is 1.22. The molecule has 0 fully saturated rings. The zero-order valence-corrected chi connectivity index (χ0v) is 13.2. The molecular formula is C15H7Cl2N5O. The van der Waals surface area contributed by atoms with Crippen molar-refractivity contribution in [2.75, 3.05) is 0 Å². The summed E-state index contributed by atoms with van der Waals surface area (Å²) in [6.45, 7) is 9.03. The van der Waals surface area contributed by atoms with Gasteiger partial charge in [0.25, 0.3) is 0 Å². The molecule has 23 heavy (non-hydrogen) atoms. The van der Waals surface area contributed by atoms with Crippen LogP contribution in [0.1, 0.15) is 17.0 Å². The third-order valence-corrected chi connectivity index (χ3v) is 3.79. The average Bonchev–Trinajstić information content (AvgIpc) is 3.00. The molecule has 0 radical (unpaired) electrons. The highest BCUT2D eigenvalue weighted by atomic mass is 35.5. The number of fused-ring (bicyclic) bond motifs is 1. The van der Waals surface area contributed by atoms with Gasteiger partial charge in [0.1, 0.15) is 11.4 Å². The van der Waals surface area contributed by atoms with E-state index in [1.807, 2.05) is 6.07 Å². The third kappa shape index (κ3) is 2.35. The Kier molecular flexibility index (Phi) is 3.57. The maximum absolute atomic E-state index is 9.62. The van der Waals surface area contributed by atoms with Gasteiger partial charge in [-0.2, -0.15) is 10.4 Å². The van der Waals surface area contributed by atoms with E-state index >= 15 is 0 Å². The summed E-state index contributed by atoms with van der Waals surface area (Å²) in [6.07, 6.45) is 1.62. The summed E-state index contributed by atoms with van der Waals surface area (Å²) in [7, 11) is 0. The van der Waals surface area contributed by atoms with Gasteiger partial charge in [0.05, 0.1) is 28.0 Å². The lowest BCUT2D eigenvalue weighted by Crippen LogP contribution is -2.10. The molecule has 0 unspecified atom stereocenters. The van der Waals surface area contributed by atoms with Crippen molar-refractivity contribution in [2.24, 2.45) is 0 Å². The van der Waals surface area contributed by atoms with Gasteiger partial charge >= 0.3 is 0 Å². The van der Waals surface area contributed by atoms with E-state index in [9.17, 15) is 10.4 Å². The van der Waals surface area contributed by atoms with Crippen LogP contribution in [0, 0.1) is 24.8 Å². The van der Waals surface area contributed by atoms with E-state index < -0.39 is 0 Å².